The fourth-order valence-corrected chi connectivity index (χ4v) is 2.23. The molecule has 0 atom stereocenters. The predicted molar refractivity (Wildman–Crippen MR) is 62.5 cm³/mol. The van der Waals surface area contributed by atoms with Gasteiger partial charge in [0.1, 0.15) is 0 Å². The number of amides is 1. The molecule has 0 unspecified atom stereocenters. The van der Waals surface area contributed by atoms with E-state index in [1.165, 1.54) is 6.42 Å². The van der Waals surface area contributed by atoms with Gasteiger partial charge in [0, 0.05) is 6.04 Å². The van der Waals surface area contributed by atoms with Crippen molar-refractivity contribution < 1.29 is 4.79 Å². The van der Waals surface area contributed by atoms with Crippen LogP contribution in [-0.2, 0) is 4.79 Å². The third-order valence-corrected chi connectivity index (χ3v) is 3.52. The lowest BCUT2D eigenvalue weighted by atomic mass is 9.81. The first-order chi connectivity index (χ1) is 7.12. The molecule has 0 heterocycles. The molecule has 3 nitrogen and oxygen atoms in total. The van der Waals surface area contributed by atoms with Gasteiger partial charge in [0.25, 0.3) is 0 Å². The molecule has 88 valence electrons. The summed E-state index contributed by atoms with van der Waals surface area (Å²) in [6.45, 7) is 4.19. The average Bonchev–Trinajstić information content (AvgIpc) is 2.26. The molecule has 3 N–H and O–H groups in total. The van der Waals surface area contributed by atoms with Gasteiger partial charge in [-0.3, -0.25) is 4.79 Å². The van der Waals surface area contributed by atoms with Crippen molar-refractivity contribution in [3.8, 4) is 0 Å². The molecule has 0 radical (unpaired) electrons. The summed E-state index contributed by atoms with van der Waals surface area (Å²) in [6, 6.07) is 0.292. The highest BCUT2D eigenvalue weighted by atomic mass is 16.2. The molecule has 1 fully saturated rings. The van der Waals surface area contributed by atoms with Gasteiger partial charge in [-0.05, 0) is 25.7 Å². The van der Waals surface area contributed by atoms with Gasteiger partial charge in [-0.25, -0.2) is 0 Å². The van der Waals surface area contributed by atoms with Crippen molar-refractivity contribution in [1.29, 1.82) is 0 Å². The minimum absolute atomic E-state index is 0.0656. The van der Waals surface area contributed by atoms with Gasteiger partial charge in [0.05, 0.1) is 5.54 Å². The Balaban J connectivity index is 2.50. The summed E-state index contributed by atoms with van der Waals surface area (Å²) in [5.74, 6) is 0.0656. The number of carbonyl (C=O) groups is 1. The topological polar surface area (TPSA) is 55.1 Å². The second-order valence-corrected chi connectivity index (χ2v) is 4.70. The Hall–Kier alpha value is -0.570. The molecule has 0 aliphatic heterocycles. The molecule has 1 aliphatic carbocycles. The number of hydrogen-bond donors (Lipinski definition) is 2. The maximum atomic E-state index is 12.0. The maximum absolute atomic E-state index is 12.0. The molecule has 1 amide bonds. The van der Waals surface area contributed by atoms with Gasteiger partial charge >= 0.3 is 0 Å². The predicted octanol–water partition coefficient (Wildman–Crippen LogP) is 1.95. The summed E-state index contributed by atoms with van der Waals surface area (Å²) in [5, 5.41) is 3.06. The number of rotatable bonds is 4. The average molecular weight is 212 g/mol. The molecule has 0 aromatic heterocycles. The first kappa shape index (κ1) is 12.5. The number of nitrogens with one attached hydrogen (secondary N) is 1. The molecule has 0 bridgehead atoms. The van der Waals surface area contributed by atoms with Crippen molar-refractivity contribution in [3.63, 3.8) is 0 Å². The Kier molecular flexibility index (Phi) is 4.58. The second-order valence-electron chi connectivity index (χ2n) is 4.70. The Labute approximate surface area is 92.8 Å². The van der Waals surface area contributed by atoms with Crippen LogP contribution in [0.5, 0.6) is 0 Å². The third-order valence-electron chi connectivity index (χ3n) is 3.52. The van der Waals surface area contributed by atoms with Crippen molar-refractivity contribution in [1.82, 2.24) is 5.32 Å². The standard InChI is InChI=1S/C12H24N2O/c1-3-10(4-2)14-11(15)12(13)8-6-5-7-9-12/h10H,3-9,13H2,1-2H3,(H,14,15). The van der Waals surface area contributed by atoms with Crippen LogP contribution in [0.2, 0.25) is 0 Å². The van der Waals surface area contributed by atoms with E-state index >= 15 is 0 Å². The number of nitrogens with two attached hydrogens (primary N) is 1. The van der Waals surface area contributed by atoms with Gasteiger partial charge in [-0.2, -0.15) is 0 Å². The summed E-state index contributed by atoms with van der Waals surface area (Å²) in [6.07, 6.45) is 7.06. The zero-order valence-corrected chi connectivity index (χ0v) is 10.0. The fraction of sp³-hybridized carbons (Fsp3) is 0.917. The Morgan fingerprint density at radius 1 is 1.27 bits per heavy atom. The van der Waals surface area contributed by atoms with Crippen LogP contribution in [0.4, 0.5) is 0 Å². The van der Waals surface area contributed by atoms with E-state index in [-0.39, 0.29) is 5.91 Å². The van der Waals surface area contributed by atoms with E-state index in [1.807, 2.05) is 0 Å². The highest BCUT2D eigenvalue weighted by Crippen LogP contribution is 2.26. The minimum Gasteiger partial charge on any atom is -0.352 e. The van der Waals surface area contributed by atoms with Crippen molar-refractivity contribution in [2.24, 2.45) is 5.73 Å². The van der Waals surface area contributed by atoms with E-state index in [4.69, 9.17) is 5.73 Å². The lowest BCUT2D eigenvalue weighted by Gasteiger charge is -2.33. The van der Waals surface area contributed by atoms with Crippen LogP contribution in [0, 0.1) is 0 Å². The van der Waals surface area contributed by atoms with E-state index in [1.54, 1.807) is 0 Å². The van der Waals surface area contributed by atoms with Gasteiger partial charge in [-0.1, -0.05) is 33.1 Å². The second kappa shape index (κ2) is 5.50. The SMILES string of the molecule is CCC(CC)NC(=O)C1(N)CCCCC1. The van der Waals surface area contributed by atoms with Crippen LogP contribution < -0.4 is 11.1 Å². The number of hydrogen-bond acceptors (Lipinski definition) is 2. The highest BCUT2D eigenvalue weighted by Gasteiger charge is 2.35. The van der Waals surface area contributed by atoms with E-state index in [0.29, 0.717) is 6.04 Å². The zero-order chi connectivity index (χ0) is 11.3. The molecule has 1 saturated carbocycles. The third kappa shape index (κ3) is 3.20. The monoisotopic (exact) mass is 212 g/mol. The molecule has 3 heteroatoms. The van der Waals surface area contributed by atoms with Crippen LogP contribution in [0.25, 0.3) is 0 Å². The van der Waals surface area contributed by atoms with Crippen molar-refractivity contribution in [2.75, 3.05) is 0 Å². The Morgan fingerprint density at radius 2 is 1.80 bits per heavy atom. The summed E-state index contributed by atoms with van der Waals surface area (Å²) in [5.41, 5.74) is 5.57. The van der Waals surface area contributed by atoms with Crippen molar-refractivity contribution in [3.05, 3.63) is 0 Å². The lowest BCUT2D eigenvalue weighted by molar-refractivity contribution is -0.128. The summed E-state index contributed by atoms with van der Waals surface area (Å²) >= 11 is 0. The van der Waals surface area contributed by atoms with Crippen molar-refractivity contribution in [2.45, 2.75) is 70.4 Å². The largest absolute Gasteiger partial charge is 0.352 e. The van der Waals surface area contributed by atoms with E-state index in [2.05, 4.69) is 19.2 Å². The first-order valence-electron chi connectivity index (χ1n) is 6.22. The van der Waals surface area contributed by atoms with Crippen LogP contribution in [0.3, 0.4) is 0 Å². The fourth-order valence-electron chi connectivity index (χ4n) is 2.23. The van der Waals surface area contributed by atoms with Crippen LogP contribution in [0.15, 0.2) is 0 Å². The summed E-state index contributed by atoms with van der Waals surface area (Å²) < 4.78 is 0. The maximum Gasteiger partial charge on any atom is 0.240 e. The smallest absolute Gasteiger partial charge is 0.240 e. The minimum atomic E-state index is -0.582. The molecular weight excluding hydrogens is 188 g/mol. The molecular formula is C12H24N2O. The zero-order valence-electron chi connectivity index (χ0n) is 10.0. The lowest BCUT2D eigenvalue weighted by Crippen LogP contribution is -2.56. The van der Waals surface area contributed by atoms with E-state index in [0.717, 1.165) is 38.5 Å². The molecule has 1 aliphatic rings. The van der Waals surface area contributed by atoms with Crippen LogP contribution in [-0.4, -0.2) is 17.5 Å². The highest BCUT2D eigenvalue weighted by molar-refractivity contribution is 5.86. The molecule has 0 aromatic rings. The quantitative estimate of drug-likeness (QED) is 0.748. The molecule has 0 saturated heterocycles. The van der Waals surface area contributed by atoms with Gasteiger partial charge in [-0.15, -0.1) is 0 Å². The summed E-state index contributed by atoms with van der Waals surface area (Å²) in [4.78, 5) is 12.0. The molecule has 15 heavy (non-hydrogen) atoms. The molecule has 0 spiro atoms. The normalized spacial score (nSPS) is 20.3. The molecule has 1 rings (SSSR count). The van der Waals surface area contributed by atoms with E-state index in [9.17, 15) is 4.79 Å². The van der Waals surface area contributed by atoms with E-state index < -0.39 is 5.54 Å². The Bertz CT molecular complexity index is 206. The summed E-state index contributed by atoms with van der Waals surface area (Å²) in [7, 11) is 0. The first-order valence-corrected chi connectivity index (χ1v) is 6.22. The van der Waals surface area contributed by atoms with Crippen LogP contribution in [0.1, 0.15) is 58.8 Å². The van der Waals surface area contributed by atoms with Crippen LogP contribution >= 0.6 is 0 Å². The van der Waals surface area contributed by atoms with Gasteiger partial charge in [0.15, 0.2) is 0 Å². The van der Waals surface area contributed by atoms with Gasteiger partial charge in [0.2, 0.25) is 5.91 Å². The number of carbonyl (C=O) groups excluding carboxylic acids is 1. The Morgan fingerprint density at radius 3 is 2.27 bits per heavy atom. The molecule has 0 aromatic carbocycles. The van der Waals surface area contributed by atoms with Gasteiger partial charge < -0.3 is 11.1 Å². The van der Waals surface area contributed by atoms with Crippen molar-refractivity contribution >= 4 is 5.91 Å².